The van der Waals surface area contributed by atoms with Gasteiger partial charge in [0.05, 0.1) is 20.8 Å². The van der Waals surface area contributed by atoms with Crippen LogP contribution in [0.5, 0.6) is 11.5 Å². The molecule has 1 unspecified atom stereocenters. The molecular formula is C21H26N2O4S. The number of likely N-dealkylation sites (tertiary alicyclic amines) is 1. The van der Waals surface area contributed by atoms with Crippen molar-refractivity contribution in [2.24, 2.45) is 0 Å². The molecular weight excluding hydrogens is 376 g/mol. The molecule has 7 heteroatoms. The van der Waals surface area contributed by atoms with E-state index in [1.807, 2.05) is 42.6 Å². The third-order valence-corrected chi connectivity index (χ3v) is 6.11. The molecule has 1 N–H and O–H groups in total. The first-order chi connectivity index (χ1) is 13.5. The van der Waals surface area contributed by atoms with E-state index in [9.17, 15) is 9.59 Å². The molecule has 28 heavy (non-hydrogen) atoms. The Balaban J connectivity index is 1.61. The van der Waals surface area contributed by atoms with Crippen LogP contribution in [0.2, 0.25) is 0 Å². The molecule has 2 heterocycles. The molecule has 1 fully saturated rings. The third kappa shape index (κ3) is 4.14. The lowest BCUT2D eigenvalue weighted by atomic mass is 9.97. The molecule has 1 aromatic carbocycles. The topological polar surface area (TPSA) is 67.9 Å². The summed E-state index contributed by atoms with van der Waals surface area (Å²) in [4.78, 5) is 28.1. The molecule has 0 saturated carbocycles. The zero-order valence-corrected chi connectivity index (χ0v) is 17.3. The van der Waals surface area contributed by atoms with Crippen LogP contribution >= 0.6 is 11.3 Å². The molecule has 2 amide bonds. The Hall–Kier alpha value is -2.54. The van der Waals surface area contributed by atoms with Gasteiger partial charge in [0.2, 0.25) is 11.8 Å². The highest BCUT2D eigenvalue weighted by atomic mass is 32.1. The predicted molar refractivity (Wildman–Crippen MR) is 109 cm³/mol. The standard InChI is InChI=1S/C21H26N2O4S/c1-21(10-8-19(24)23(21)14-16-5-4-12-28-16)20(25)22-11-9-15-6-7-17(26-2)18(13-15)27-3/h4-7,12-13H,8-11,14H2,1-3H3,(H,22,25). The summed E-state index contributed by atoms with van der Waals surface area (Å²) in [7, 11) is 3.20. The van der Waals surface area contributed by atoms with Crippen molar-refractivity contribution in [2.75, 3.05) is 20.8 Å². The van der Waals surface area contributed by atoms with Crippen molar-refractivity contribution in [3.63, 3.8) is 0 Å². The van der Waals surface area contributed by atoms with E-state index in [4.69, 9.17) is 9.47 Å². The van der Waals surface area contributed by atoms with Crippen molar-refractivity contribution in [3.05, 3.63) is 46.2 Å². The maximum Gasteiger partial charge on any atom is 0.245 e. The van der Waals surface area contributed by atoms with Crippen LogP contribution in [0.1, 0.15) is 30.2 Å². The first-order valence-electron chi connectivity index (χ1n) is 9.30. The number of hydrogen-bond donors (Lipinski definition) is 1. The summed E-state index contributed by atoms with van der Waals surface area (Å²) in [6.45, 7) is 2.83. The second-order valence-electron chi connectivity index (χ2n) is 7.03. The number of thiophene rings is 1. The number of ether oxygens (including phenoxy) is 2. The lowest BCUT2D eigenvalue weighted by Gasteiger charge is -2.33. The van der Waals surface area contributed by atoms with E-state index in [2.05, 4.69) is 5.32 Å². The highest BCUT2D eigenvalue weighted by Crippen LogP contribution is 2.33. The number of carbonyl (C=O) groups is 2. The molecule has 1 aliphatic rings. The number of nitrogens with one attached hydrogen (secondary N) is 1. The number of rotatable bonds is 8. The van der Waals surface area contributed by atoms with Crippen molar-refractivity contribution < 1.29 is 19.1 Å². The molecule has 3 rings (SSSR count). The monoisotopic (exact) mass is 402 g/mol. The summed E-state index contributed by atoms with van der Waals surface area (Å²) >= 11 is 1.60. The van der Waals surface area contributed by atoms with Gasteiger partial charge in [-0.25, -0.2) is 0 Å². The minimum Gasteiger partial charge on any atom is -0.493 e. The van der Waals surface area contributed by atoms with Crippen LogP contribution in [-0.4, -0.2) is 43.0 Å². The average Bonchev–Trinajstić information content (AvgIpc) is 3.32. The van der Waals surface area contributed by atoms with Crippen molar-refractivity contribution in [1.29, 1.82) is 0 Å². The summed E-state index contributed by atoms with van der Waals surface area (Å²) in [6.07, 6.45) is 1.62. The van der Waals surface area contributed by atoms with Crippen LogP contribution in [0.25, 0.3) is 0 Å². The van der Waals surface area contributed by atoms with E-state index in [1.54, 1.807) is 30.5 Å². The highest BCUT2D eigenvalue weighted by Gasteiger charge is 2.47. The normalized spacial score (nSPS) is 19.0. The van der Waals surface area contributed by atoms with Crippen molar-refractivity contribution >= 4 is 23.2 Å². The van der Waals surface area contributed by atoms with Gasteiger partial charge in [-0.1, -0.05) is 12.1 Å². The third-order valence-electron chi connectivity index (χ3n) is 5.25. The smallest absolute Gasteiger partial charge is 0.245 e. The molecule has 0 bridgehead atoms. The molecule has 0 radical (unpaired) electrons. The number of amides is 2. The van der Waals surface area contributed by atoms with Crippen molar-refractivity contribution in [3.8, 4) is 11.5 Å². The Kier molecular flexibility index (Phi) is 6.24. The van der Waals surface area contributed by atoms with Crippen LogP contribution in [0.3, 0.4) is 0 Å². The fraction of sp³-hybridized carbons (Fsp3) is 0.429. The number of carbonyl (C=O) groups excluding carboxylic acids is 2. The molecule has 1 aromatic heterocycles. The summed E-state index contributed by atoms with van der Waals surface area (Å²) in [6, 6.07) is 9.68. The molecule has 0 aliphatic carbocycles. The number of benzene rings is 1. The largest absolute Gasteiger partial charge is 0.493 e. The number of nitrogens with zero attached hydrogens (tertiary/aromatic N) is 1. The first kappa shape index (κ1) is 20.2. The Morgan fingerprint density at radius 1 is 1.25 bits per heavy atom. The van der Waals surface area contributed by atoms with Crippen LogP contribution in [0.4, 0.5) is 0 Å². The lowest BCUT2D eigenvalue weighted by Crippen LogP contribution is -2.54. The molecule has 1 atom stereocenters. The van der Waals surface area contributed by atoms with E-state index >= 15 is 0 Å². The maximum absolute atomic E-state index is 12.9. The van der Waals surface area contributed by atoms with Gasteiger partial charge in [0.15, 0.2) is 11.5 Å². The van der Waals surface area contributed by atoms with Gasteiger partial charge in [-0.3, -0.25) is 9.59 Å². The van der Waals surface area contributed by atoms with Gasteiger partial charge >= 0.3 is 0 Å². The summed E-state index contributed by atoms with van der Waals surface area (Å²) in [5.74, 6) is 1.28. The quantitative estimate of drug-likeness (QED) is 0.737. The van der Waals surface area contributed by atoms with Crippen molar-refractivity contribution in [2.45, 2.75) is 38.3 Å². The van der Waals surface area contributed by atoms with E-state index < -0.39 is 5.54 Å². The summed E-state index contributed by atoms with van der Waals surface area (Å²) in [5, 5.41) is 4.99. The Bertz CT molecular complexity index is 837. The molecule has 1 aliphatic heterocycles. The van der Waals surface area contributed by atoms with Crippen LogP contribution in [-0.2, 0) is 22.6 Å². The fourth-order valence-electron chi connectivity index (χ4n) is 3.50. The van der Waals surface area contributed by atoms with Gasteiger partial charge in [0.25, 0.3) is 0 Å². The molecule has 2 aromatic rings. The zero-order valence-electron chi connectivity index (χ0n) is 16.5. The Labute approximate surface area is 169 Å². The first-order valence-corrected chi connectivity index (χ1v) is 10.2. The number of methoxy groups -OCH3 is 2. The van der Waals surface area contributed by atoms with Gasteiger partial charge in [-0.2, -0.15) is 0 Å². The van der Waals surface area contributed by atoms with E-state index in [0.717, 1.165) is 10.4 Å². The molecule has 150 valence electrons. The van der Waals surface area contributed by atoms with Crippen molar-refractivity contribution in [1.82, 2.24) is 10.2 Å². The lowest BCUT2D eigenvalue weighted by molar-refractivity contribution is -0.141. The van der Waals surface area contributed by atoms with Gasteiger partial charge in [-0.15, -0.1) is 11.3 Å². The Morgan fingerprint density at radius 2 is 2.04 bits per heavy atom. The predicted octanol–water partition coefficient (Wildman–Crippen LogP) is 3.01. The van der Waals surface area contributed by atoms with Crippen LogP contribution in [0.15, 0.2) is 35.7 Å². The second-order valence-corrected chi connectivity index (χ2v) is 8.06. The van der Waals surface area contributed by atoms with Crippen LogP contribution < -0.4 is 14.8 Å². The van der Waals surface area contributed by atoms with Gasteiger partial charge in [0.1, 0.15) is 5.54 Å². The Morgan fingerprint density at radius 3 is 2.71 bits per heavy atom. The molecule has 0 spiro atoms. The minimum atomic E-state index is -0.807. The van der Waals surface area contributed by atoms with E-state index in [-0.39, 0.29) is 11.8 Å². The van der Waals surface area contributed by atoms with Crippen LogP contribution in [0, 0.1) is 0 Å². The van der Waals surface area contributed by atoms with E-state index in [1.165, 1.54) is 0 Å². The highest BCUT2D eigenvalue weighted by molar-refractivity contribution is 7.09. The minimum absolute atomic E-state index is 0.0333. The average molecular weight is 403 g/mol. The SMILES string of the molecule is COc1ccc(CCNC(=O)C2(C)CCC(=O)N2Cc2cccs2)cc1OC. The second kappa shape index (κ2) is 8.65. The van der Waals surface area contributed by atoms with E-state index in [0.29, 0.717) is 43.9 Å². The molecule has 6 nitrogen and oxygen atoms in total. The van der Waals surface area contributed by atoms with Gasteiger partial charge in [0, 0.05) is 17.8 Å². The summed E-state index contributed by atoms with van der Waals surface area (Å²) in [5.41, 5.74) is 0.236. The summed E-state index contributed by atoms with van der Waals surface area (Å²) < 4.78 is 10.6. The van der Waals surface area contributed by atoms with Gasteiger partial charge < -0.3 is 19.7 Å². The zero-order chi connectivity index (χ0) is 20.1. The number of hydrogen-bond acceptors (Lipinski definition) is 5. The fourth-order valence-corrected chi connectivity index (χ4v) is 4.19. The maximum atomic E-state index is 12.9. The molecule has 1 saturated heterocycles. The van der Waals surface area contributed by atoms with Gasteiger partial charge in [-0.05, 0) is 48.9 Å².